The van der Waals surface area contributed by atoms with E-state index >= 15 is 0 Å². The van der Waals surface area contributed by atoms with E-state index in [1.807, 2.05) is 6.92 Å². The number of rotatable bonds is 8. The fourth-order valence-corrected chi connectivity index (χ4v) is 2.50. The zero-order valence-corrected chi connectivity index (χ0v) is 12.9. The van der Waals surface area contributed by atoms with Gasteiger partial charge in [0.1, 0.15) is 6.61 Å². The van der Waals surface area contributed by atoms with Crippen LogP contribution in [0.5, 0.6) is 0 Å². The van der Waals surface area contributed by atoms with Crippen molar-refractivity contribution < 1.29 is 22.7 Å². The van der Waals surface area contributed by atoms with Gasteiger partial charge in [-0.05, 0) is 18.8 Å². The Bertz CT molecular complexity index is 335. The van der Waals surface area contributed by atoms with Crippen molar-refractivity contribution >= 4 is 5.91 Å². The van der Waals surface area contributed by atoms with E-state index < -0.39 is 12.8 Å². The number of hydrogen-bond donors (Lipinski definition) is 1. The van der Waals surface area contributed by atoms with Crippen LogP contribution in [0.2, 0.25) is 0 Å². The Morgan fingerprint density at radius 2 is 2.05 bits per heavy atom. The molecule has 0 aromatic heterocycles. The highest BCUT2D eigenvalue weighted by atomic mass is 19.4. The molecule has 1 N–H and O–H groups in total. The summed E-state index contributed by atoms with van der Waals surface area (Å²) in [6, 6.07) is -0.221. The predicted octanol–water partition coefficient (Wildman–Crippen LogP) is 2.54. The van der Waals surface area contributed by atoms with Crippen LogP contribution < -0.4 is 5.32 Å². The summed E-state index contributed by atoms with van der Waals surface area (Å²) in [5, 5.41) is 3.28. The van der Waals surface area contributed by atoms with Crippen molar-refractivity contribution in [3.8, 4) is 0 Å². The van der Waals surface area contributed by atoms with Gasteiger partial charge in [0.05, 0.1) is 18.8 Å². The fraction of sp³-hybridized carbons (Fsp3) is 0.929. The average Bonchev–Trinajstić information content (AvgIpc) is 2.61. The van der Waals surface area contributed by atoms with Gasteiger partial charge in [0.15, 0.2) is 0 Å². The smallest absolute Gasteiger partial charge is 0.370 e. The molecule has 1 heterocycles. The molecule has 1 rings (SSSR count). The molecule has 1 amide bonds. The summed E-state index contributed by atoms with van der Waals surface area (Å²) in [5.74, 6) is 0.368. The number of carbonyl (C=O) groups is 1. The molecule has 0 aromatic carbocycles. The van der Waals surface area contributed by atoms with Crippen molar-refractivity contribution in [2.24, 2.45) is 5.92 Å². The van der Waals surface area contributed by atoms with E-state index in [1.165, 1.54) is 0 Å². The van der Waals surface area contributed by atoms with Gasteiger partial charge in [0.2, 0.25) is 5.91 Å². The van der Waals surface area contributed by atoms with Gasteiger partial charge in [-0.2, -0.15) is 13.2 Å². The number of nitrogens with one attached hydrogen (secondary N) is 1. The van der Waals surface area contributed by atoms with Crippen LogP contribution in [0.1, 0.15) is 40.0 Å². The molecule has 2 unspecified atom stereocenters. The highest BCUT2D eigenvalue weighted by molar-refractivity contribution is 5.84. The Morgan fingerprint density at radius 1 is 1.38 bits per heavy atom. The monoisotopic (exact) mass is 310 g/mol. The van der Waals surface area contributed by atoms with Crippen molar-refractivity contribution in [3.63, 3.8) is 0 Å². The Hall–Kier alpha value is -0.820. The zero-order valence-electron chi connectivity index (χ0n) is 12.9. The van der Waals surface area contributed by atoms with Gasteiger partial charge in [-0.15, -0.1) is 0 Å². The van der Waals surface area contributed by atoms with Gasteiger partial charge >= 0.3 is 6.18 Å². The summed E-state index contributed by atoms with van der Waals surface area (Å²) >= 11 is 0. The number of hydrogen-bond acceptors (Lipinski definition) is 3. The maximum absolute atomic E-state index is 12.3. The molecule has 1 fully saturated rings. The highest BCUT2D eigenvalue weighted by Gasteiger charge is 2.38. The van der Waals surface area contributed by atoms with E-state index in [0.717, 1.165) is 19.3 Å². The topological polar surface area (TPSA) is 41.6 Å². The Balaban J connectivity index is 2.51. The van der Waals surface area contributed by atoms with E-state index in [-0.39, 0.29) is 31.3 Å². The molecule has 21 heavy (non-hydrogen) atoms. The first-order chi connectivity index (χ1) is 9.74. The Labute approximate surface area is 124 Å². The van der Waals surface area contributed by atoms with Crippen LogP contribution in [0.3, 0.4) is 0 Å². The lowest BCUT2D eigenvalue weighted by molar-refractivity contribution is -0.175. The van der Waals surface area contributed by atoms with Gasteiger partial charge in [-0.1, -0.05) is 27.2 Å². The molecule has 0 spiro atoms. The van der Waals surface area contributed by atoms with Crippen LogP contribution in [0.25, 0.3) is 0 Å². The molecule has 7 heteroatoms. The minimum atomic E-state index is -4.32. The summed E-state index contributed by atoms with van der Waals surface area (Å²) < 4.78 is 40.7. The van der Waals surface area contributed by atoms with Gasteiger partial charge in [-0.3, -0.25) is 10.1 Å². The molecule has 4 nitrogen and oxygen atoms in total. The van der Waals surface area contributed by atoms with E-state index in [4.69, 9.17) is 0 Å². The van der Waals surface area contributed by atoms with Crippen LogP contribution in [0, 0.1) is 5.92 Å². The summed E-state index contributed by atoms with van der Waals surface area (Å²) in [6.45, 7) is 4.94. The number of carbonyl (C=O) groups excluding carboxylic acids is 1. The number of halogens is 3. The molecule has 1 aliphatic heterocycles. The standard InChI is InChI=1S/C14H25F3N2O2/c1-4-5-11-13(20)19(12(18-11)8-10(2)3)6-7-21-9-14(15,16)17/h10-12,18H,4-9H2,1-3H3. The molecule has 0 aromatic rings. The minimum absolute atomic E-state index is 0.0295. The van der Waals surface area contributed by atoms with Crippen LogP contribution in [0.4, 0.5) is 13.2 Å². The molecule has 0 aliphatic carbocycles. The second-order valence-electron chi connectivity index (χ2n) is 5.85. The second-order valence-corrected chi connectivity index (χ2v) is 5.85. The van der Waals surface area contributed by atoms with Crippen molar-refractivity contribution in [1.82, 2.24) is 10.2 Å². The SMILES string of the molecule is CCCC1NC(CC(C)C)N(CCOCC(F)(F)F)C1=O. The van der Waals surface area contributed by atoms with E-state index in [1.54, 1.807) is 4.90 Å². The Kier molecular flexibility index (Phi) is 6.93. The van der Waals surface area contributed by atoms with E-state index in [0.29, 0.717) is 5.92 Å². The van der Waals surface area contributed by atoms with E-state index in [2.05, 4.69) is 23.9 Å². The summed E-state index contributed by atoms with van der Waals surface area (Å²) in [5.41, 5.74) is 0. The first-order valence-corrected chi connectivity index (χ1v) is 7.45. The third kappa shape index (κ3) is 6.22. The highest BCUT2D eigenvalue weighted by Crippen LogP contribution is 2.20. The van der Waals surface area contributed by atoms with Crippen molar-refractivity contribution in [2.45, 2.75) is 58.4 Å². The quantitative estimate of drug-likeness (QED) is 0.701. The zero-order chi connectivity index (χ0) is 16.0. The third-order valence-corrected chi connectivity index (χ3v) is 3.37. The predicted molar refractivity (Wildman–Crippen MR) is 73.7 cm³/mol. The summed E-state index contributed by atoms with van der Waals surface area (Å²) in [6.07, 6.45) is -2.02. The molecule has 0 radical (unpaired) electrons. The van der Waals surface area contributed by atoms with E-state index in [9.17, 15) is 18.0 Å². The molecule has 1 aliphatic rings. The van der Waals surface area contributed by atoms with Gasteiger partial charge in [0.25, 0.3) is 0 Å². The average molecular weight is 310 g/mol. The fourth-order valence-electron chi connectivity index (χ4n) is 2.50. The molecular formula is C14H25F3N2O2. The molecule has 0 saturated carbocycles. The van der Waals surface area contributed by atoms with Crippen LogP contribution in [-0.2, 0) is 9.53 Å². The molecule has 124 valence electrons. The number of alkyl halides is 3. The van der Waals surface area contributed by atoms with Crippen LogP contribution >= 0.6 is 0 Å². The first-order valence-electron chi connectivity index (χ1n) is 7.45. The lowest BCUT2D eigenvalue weighted by Gasteiger charge is -2.25. The lowest BCUT2D eigenvalue weighted by atomic mass is 10.1. The van der Waals surface area contributed by atoms with Gasteiger partial charge in [0, 0.05) is 6.54 Å². The minimum Gasteiger partial charge on any atom is -0.370 e. The number of amides is 1. The molecule has 0 bridgehead atoms. The molecular weight excluding hydrogens is 285 g/mol. The van der Waals surface area contributed by atoms with Crippen LogP contribution in [-0.4, -0.2) is 48.9 Å². The maximum atomic E-state index is 12.3. The van der Waals surface area contributed by atoms with Gasteiger partial charge in [-0.25, -0.2) is 0 Å². The van der Waals surface area contributed by atoms with Gasteiger partial charge < -0.3 is 9.64 Å². The first kappa shape index (κ1) is 18.2. The third-order valence-electron chi connectivity index (χ3n) is 3.37. The van der Waals surface area contributed by atoms with Crippen molar-refractivity contribution in [3.05, 3.63) is 0 Å². The Morgan fingerprint density at radius 3 is 2.57 bits per heavy atom. The van der Waals surface area contributed by atoms with Crippen molar-refractivity contribution in [2.75, 3.05) is 19.8 Å². The lowest BCUT2D eigenvalue weighted by Crippen LogP contribution is -2.40. The normalized spacial score (nSPS) is 23.4. The second kappa shape index (κ2) is 7.98. The largest absolute Gasteiger partial charge is 0.411 e. The molecule has 2 atom stereocenters. The number of ether oxygens (including phenoxy) is 1. The number of nitrogens with zero attached hydrogens (tertiary/aromatic N) is 1. The molecule has 1 saturated heterocycles. The summed E-state index contributed by atoms with van der Waals surface area (Å²) in [4.78, 5) is 13.9. The summed E-state index contributed by atoms with van der Waals surface area (Å²) in [7, 11) is 0. The van der Waals surface area contributed by atoms with Crippen LogP contribution in [0.15, 0.2) is 0 Å². The maximum Gasteiger partial charge on any atom is 0.411 e. The van der Waals surface area contributed by atoms with Crippen molar-refractivity contribution in [1.29, 1.82) is 0 Å².